The summed E-state index contributed by atoms with van der Waals surface area (Å²) in [6, 6.07) is 5.62. The minimum atomic E-state index is -3.75. The van der Waals surface area contributed by atoms with E-state index in [9.17, 15) is 18.0 Å². The second-order valence-electron chi connectivity index (χ2n) is 6.67. The first-order valence-electron chi connectivity index (χ1n) is 8.02. The van der Waals surface area contributed by atoms with Gasteiger partial charge in [0.05, 0.1) is 11.5 Å². The van der Waals surface area contributed by atoms with E-state index >= 15 is 0 Å². The van der Waals surface area contributed by atoms with Gasteiger partial charge < -0.3 is 14.4 Å². The SMILES string of the molecule is COCCNS(=O)(=O)c1cccc(C(=O)N(C)CC(=O)OC(C)(C)C)c1. The summed E-state index contributed by atoms with van der Waals surface area (Å²) < 4.78 is 36.8. The lowest BCUT2D eigenvalue weighted by molar-refractivity contribution is -0.155. The summed E-state index contributed by atoms with van der Waals surface area (Å²) >= 11 is 0. The van der Waals surface area contributed by atoms with Crippen LogP contribution in [0, 0.1) is 0 Å². The van der Waals surface area contributed by atoms with Crippen LogP contribution in [0.4, 0.5) is 0 Å². The summed E-state index contributed by atoms with van der Waals surface area (Å²) in [5.41, 5.74) is -0.492. The van der Waals surface area contributed by atoms with Crippen molar-refractivity contribution in [1.29, 1.82) is 0 Å². The minimum absolute atomic E-state index is 0.0369. The molecule has 0 saturated carbocycles. The van der Waals surface area contributed by atoms with Crippen LogP contribution in [-0.4, -0.2) is 64.6 Å². The number of nitrogens with zero attached hydrogens (tertiary/aromatic N) is 1. The summed E-state index contributed by atoms with van der Waals surface area (Å²) in [7, 11) is -0.839. The Hall–Kier alpha value is -1.97. The first-order valence-corrected chi connectivity index (χ1v) is 9.50. The smallest absolute Gasteiger partial charge is 0.326 e. The van der Waals surface area contributed by atoms with E-state index in [1.807, 2.05) is 0 Å². The summed E-state index contributed by atoms with van der Waals surface area (Å²) in [4.78, 5) is 25.5. The van der Waals surface area contributed by atoms with Crippen molar-refractivity contribution >= 4 is 21.9 Å². The van der Waals surface area contributed by atoms with E-state index in [-0.39, 0.29) is 30.2 Å². The van der Waals surface area contributed by atoms with Gasteiger partial charge in [0.15, 0.2) is 0 Å². The number of esters is 1. The molecule has 0 aliphatic carbocycles. The van der Waals surface area contributed by atoms with E-state index in [4.69, 9.17) is 9.47 Å². The Morgan fingerprint density at radius 3 is 2.46 bits per heavy atom. The molecule has 0 unspecified atom stereocenters. The molecule has 0 atom stereocenters. The highest BCUT2D eigenvalue weighted by Gasteiger charge is 2.22. The van der Waals surface area contributed by atoms with Gasteiger partial charge in [-0.3, -0.25) is 9.59 Å². The molecule has 0 bridgehead atoms. The van der Waals surface area contributed by atoms with Crippen LogP contribution in [0.25, 0.3) is 0 Å². The van der Waals surface area contributed by atoms with E-state index in [0.29, 0.717) is 0 Å². The van der Waals surface area contributed by atoms with Gasteiger partial charge >= 0.3 is 5.97 Å². The van der Waals surface area contributed by atoms with Crippen molar-refractivity contribution in [3.63, 3.8) is 0 Å². The normalized spacial score (nSPS) is 11.9. The fraction of sp³-hybridized carbons (Fsp3) is 0.529. The fourth-order valence-corrected chi connectivity index (χ4v) is 3.08. The molecule has 0 aliphatic heterocycles. The Morgan fingerprint density at radius 2 is 1.88 bits per heavy atom. The third kappa shape index (κ3) is 7.11. The monoisotopic (exact) mass is 386 g/mol. The number of hydrogen-bond acceptors (Lipinski definition) is 6. The molecular weight excluding hydrogens is 360 g/mol. The number of hydrogen-bond donors (Lipinski definition) is 1. The Kier molecular flexibility index (Phi) is 7.73. The third-order valence-corrected chi connectivity index (χ3v) is 4.58. The van der Waals surface area contributed by atoms with Gasteiger partial charge in [-0.1, -0.05) is 6.07 Å². The Bertz CT molecular complexity index is 740. The number of likely N-dealkylation sites (N-methyl/N-ethyl adjacent to an activating group) is 1. The van der Waals surface area contributed by atoms with Crippen LogP contribution in [0.5, 0.6) is 0 Å². The highest BCUT2D eigenvalue weighted by Crippen LogP contribution is 2.13. The topological polar surface area (TPSA) is 102 Å². The van der Waals surface area contributed by atoms with E-state index in [1.54, 1.807) is 20.8 Å². The van der Waals surface area contributed by atoms with E-state index < -0.39 is 27.5 Å². The summed E-state index contributed by atoms with van der Waals surface area (Å²) in [5, 5.41) is 0. The molecule has 26 heavy (non-hydrogen) atoms. The van der Waals surface area contributed by atoms with E-state index in [1.165, 1.54) is 43.3 Å². The number of carbonyl (C=O) groups is 2. The standard InChI is InChI=1S/C17H26N2O6S/c1-17(2,3)25-15(20)12-19(4)16(21)13-7-6-8-14(11-13)26(22,23)18-9-10-24-5/h6-8,11,18H,9-10,12H2,1-5H3. The molecule has 146 valence electrons. The second kappa shape index (κ2) is 9.11. The summed E-state index contributed by atoms with van der Waals surface area (Å²) in [6.45, 7) is 5.32. The van der Waals surface area contributed by atoms with Crippen LogP contribution in [0.1, 0.15) is 31.1 Å². The number of ether oxygens (including phenoxy) is 2. The molecule has 1 N–H and O–H groups in total. The maximum atomic E-state index is 12.5. The van der Waals surface area contributed by atoms with E-state index in [0.717, 1.165) is 0 Å². The fourth-order valence-electron chi connectivity index (χ4n) is 2.02. The minimum Gasteiger partial charge on any atom is -0.459 e. The predicted molar refractivity (Wildman–Crippen MR) is 96.3 cm³/mol. The van der Waals surface area contributed by atoms with Crippen LogP contribution >= 0.6 is 0 Å². The highest BCUT2D eigenvalue weighted by molar-refractivity contribution is 7.89. The molecule has 0 aliphatic rings. The lowest BCUT2D eigenvalue weighted by Gasteiger charge is -2.22. The molecular formula is C17H26N2O6S. The predicted octanol–water partition coefficient (Wildman–Crippen LogP) is 1.03. The van der Waals surface area contributed by atoms with Crippen molar-refractivity contribution in [3.05, 3.63) is 29.8 Å². The summed E-state index contributed by atoms with van der Waals surface area (Å²) in [5.74, 6) is -1.02. The largest absolute Gasteiger partial charge is 0.459 e. The molecule has 1 amide bonds. The van der Waals surface area contributed by atoms with Crippen LogP contribution in [0.2, 0.25) is 0 Å². The van der Waals surface area contributed by atoms with Crippen molar-refractivity contribution in [2.45, 2.75) is 31.3 Å². The lowest BCUT2D eigenvalue weighted by atomic mass is 10.2. The Morgan fingerprint density at radius 1 is 1.23 bits per heavy atom. The van der Waals surface area contributed by atoms with Crippen molar-refractivity contribution in [3.8, 4) is 0 Å². The third-order valence-electron chi connectivity index (χ3n) is 3.12. The quantitative estimate of drug-likeness (QED) is 0.529. The highest BCUT2D eigenvalue weighted by atomic mass is 32.2. The number of benzene rings is 1. The van der Waals surface area contributed by atoms with Crippen LogP contribution in [0.15, 0.2) is 29.2 Å². The molecule has 0 radical (unpaired) electrons. The first kappa shape index (κ1) is 22.1. The lowest BCUT2D eigenvalue weighted by Crippen LogP contribution is -2.36. The number of rotatable bonds is 8. The van der Waals surface area contributed by atoms with Crippen molar-refractivity contribution in [1.82, 2.24) is 9.62 Å². The maximum Gasteiger partial charge on any atom is 0.326 e. The number of sulfonamides is 1. The van der Waals surface area contributed by atoms with E-state index in [2.05, 4.69) is 4.72 Å². The van der Waals surface area contributed by atoms with Crippen LogP contribution in [-0.2, 0) is 24.3 Å². The zero-order chi connectivity index (χ0) is 20.0. The number of methoxy groups -OCH3 is 1. The van der Waals surface area contributed by atoms with Gasteiger partial charge in [-0.05, 0) is 39.0 Å². The van der Waals surface area contributed by atoms with Gasteiger partial charge in [0.25, 0.3) is 5.91 Å². The number of amides is 1. The second-order valence-corrected chi connectivity index (χ2v) is 8.43. The van der Waals surface area contributed by atoms with Crippen molar-refractivity contribution in [2.75, 3.05) is 33.9 Å². The molecule has 0 heterocycles. The number of nitrogens with one attached hydrogen (secondary N) is 1. The molecule has 1 aromatic carbocycles. The Balaban J connectivity index is 2.86. The first-order chi connectivity index (χ1) is 12.0. The molecule has 0 spiro atoms. The maximum absolute atomic E-state index is 12.5. The van der Waals surface area contributed by atoms with Crippen molar-refractivity contribution in [2.24, 2.45) is 0 Å². The van der Waals surface area contributed by atoms with Gasteiger partial charge in [0, 0.05) is 26.3 Å². The van der Waals surface area contributed by atoms with Gasteiger partial charge in [0.1, 0.15) is 12.1 Å². The number of carbonyl (C=O) groups excluding carboxylic acids is 2. The molecule has 1 aromatic rings. The van der Waals surface area contributed by atoms with Gasteiger partial charge in [-0.25, -0.2) is 13.1 Å². The van der Waals surface area contributed by atoms with Crippen LogP contribution < -0.4 is 4.72 Å². The molecule has 0 fully saturated rings. The van der Waals surface area contributed by atoms with Gasteiger partial charge in [0.2, 0.25) is 10.0 Å². The molecule has 9 heteroatoms. The average molecular weight is 386 g/mol. The molecule has 0 saturated heterocycles. The Labute approximate surface area is 154 Å². The zero-order valence-electron chi connectivity index (χ0n) is 15.7. The molecule has 1 rings (SSSR count). The van der Waals surface area contributed by atoms with Gasteiger partial charge in [-0.2, -0.15) is 0 Å². The van der Waals surface area contributed by atoms with Gasteiger partial charge in [-0.15, -0.1) is 0 Å². The summed E-state index contributed by atoms with van der Waals surface area (Å²) in [6.07, 6.45) is 0. The average Bonchev–Trinajstić information content (AvgIpc) is 2.52. The zero-order valence-corrected chi connectivity index (χ0v) is 16.6. The van der Waals surface area contributed by atoms with Crippen LogP contribution in [0.3, 0.4) is 0 Å². The van der Waals surface area contributed by atoms with Crippen molar-refractivity contribution < 1.29 is 27.5 Å². The molecule has 8 nitrogen and oxygen atoms in total. The molecule has 0 aromatic heterocycles.